The van der Waals surface area contributed by atoms with Crippen molar-refractivity contribution in [3.8, 4) is 12.1 Å². The standard InChI is InChI=1S/C31H34N7O2/c1-3-28(39)38-18-17-37(19-23(38)11-15-32)29-25-12-16-36(27-10-6-8-22-7-4-5-9-24(22)27)20-26(25)34-30(35-29)40-21-31(33-2)13-14-31/h3-5,7-10,23,33H,1,11-14,16-21H2,2H3/t23-/m0/s1. The van der Waals surface area contributed by atoms with Crippen LogP contribution < -0.4 is 19.9 Å². The van der Waals surface area contributed by atoms with Gasteiger partial charge < -0.3 is 24.8 Å². The molecule has 205 valence electrons. The van der Waals surface area contributed by atoms with E-state index in [9.17, 15) is 10.1 Å². The average Bonchev–Trinajstić information content (AvgIpc) is 3.79. The minimum absolute atomic E-state index is 0.00117. The smallest absolute Gasteiger partial charge is 0.318 e. The highest BCUT2D eigenvalue weighted by molar-refractivity contribution is 5.94. The third-order valence-corrected chi connectivity index (χ3v) is 8.49. The van der Waals surface area contributed by atoms with Crippen LogP contribution in [0.3, 0.4) is 0 Å². The molecule has 1 N–H and O–H groups in total. The first-order chi connectivity index (χ1) is 19.5. The lowest BCUT2D eigenvalue weighted by atomic mass is 10.0. The summed E-state index contributed by atoms with van der Waals surface area (Å²) in [5.41, 5.74) is 3.21. The number of fused-ring (bicyclic) bond motifs is 2. The highest BCUT2D eigenvalue weighted by Gasteiger charge is 2.42. The van der Waals surface area contributed by atoms with Gasteiger partial charge in [0.2, 0.25) is 5.91 Å². The molecule has 1 saturated heterocycles. The van der Waals surface area contributed by atoms with Crippen molar-refractivity contribution < 1.29 is 9.53 Å². The molecule has 9 nitrogen and oxygen atoms in total. The summed E-state index contributed by atoms with van der Waals surface area (Å²) in [5, 5.41) is 15.2. The lowest BCUT2D eigenvalue weighted by molar-refractivity contribution is -0.128. The molecule has 0 unspecified atom stereocenters. The normalized spacial score (nSPS) is 19.6. The number of carbonyl (C=O) groups excluding carboxylic acids is 1. The van der Waals surface area contributed by atoms with Gasteiger partial charge in [-0.05, 0) is 56.0 Å². The Labute approximate surface area is 235 Å². The monoisotopic (exact) mass is 536 g/mol. The number of piperazine rings is 1. The van der Waals surface area contributed by atoms with Gasteiger partial charge in [0.1, 0.15) is 12.4 Å². The van der Waals surface area contributed by atoms with Gasteiger partial charge in [-0.25, -0.2) is 0 Å². The van der Waals surface area contributed by atoms with Crippen molar-refractivity contribution in [2.75, 3.05) is 49.6 Å². The minimum Gasteiger partial charge on any atom is -0.461 e. The van der Waals surface area contributed by atoms with Gasteiger partial charge in [0, 0.05) is 42.8 Å². The Bertz CT molecular complexity index is 1470. The number of nitriles is 1. The van der Waals surface area contributed by atoms with Crippen LogP contribution in [0.5, 0.6) is 6.01 Å². The summed E-state index contributed by atoms with van der Waals surface area (Å²) in [6.07, 6.45) is 4.50. The molecule has 6 rings (SSSR count). The van der Waals surface area contributed by atoms with Crippen LogP contribution in [0.1, 0.15) is 30.5 Å². The van der Waals surface area contributed by atoms with Crippen molar-refractivity contribution >= 4 is 28.2 Å². The molecule has 0 spiro atoms. The first-order valence-corrected chi connectivity index (χ1v) is 13.9. The van der Waals surface area contributed by atoms with Gasteiger partial charge >= 0.3 is 6.01 Å². The molecule has 1 atom stereocenters. The van der Waals surface area contributed by atoms with Crippen molar-refractivity contribution in [3.05, 3.63) is 66.4 Å². The predicted octanol–water partition coefficient (Wildman–Crippen LogP) is 3.24. The molecule has 3 aromatic rings. The first kappa shape index (κ1) is 26.1. The molecule has 9 heteroatoms. The summed E-state index contributed by atoms with van der Waals surface area (Å²) in [6.45, 7) is 7.27. The number of carbonyl (C=O) groups is 1. The maximum absolute atomic E-state index is 12.5. The van der Waals surface area contributed by atoms with Crippen LogP contribution >= 0.6 is 0 Å². The Kier molecular flexibility index (Phi) is 7.03. The number of benzene rings is 2. The van der Waals surface area contributed by atoms with Gasteiger partial charge in [0.05, 0.1) is 36.3 Å². The lowest BCUT2D eigenvalue weighted by Gasteiger charge is -2.42. The number of ether oxygens (including phenoxy) is 1. The molecule has 0 bridgehead atoms. The SMILES string of the molecule is C=CC(=O)N1CCN(c2nc(OCC3(NC)CC3)nc3c2CCN(c2c[c]cc4ccccc24)C3)C[C@@H]1CC#N. The van der Waals surface area contributed by atoms with E-state index < -0.39 is 0 Å². The summed E-state index contributed by atoms with van der Waals surface area (Å²) < 4.78 is 6.22. The molecule has 40 heavy (non-hydrogen) atoms. The van der Waals surface area contributed by atoms with Crippen LogP contribution in [0.2, 0.25) is 0 Å². The second-order valence-electron chi connectivity index (χ2n) is 10.9. The van der Waals surface area contributed by atoms with Gasteiger partial charge in [-0.1, -0.05) is 30.8 Å². The fraction of sp³-hybridized carbons (Fsp3) is 0.419. The van der Waals surface area contributed by atoms with Gasteiger partial charge in [-0.2, -0.15) is 15.2 Å². The zero-order chi connectivity index (χ0) is 27.7. The van der Waals surface area contributed by atoms with Crippen molar-refractivity contribution in [3.63, 3.8) is 0 Å². The van der Waals surface area contributed by atoms with Gasteiger partial charge in [0.25, 0.3) is 0 Å². The second kappa shape index (κ2) is 10.8. The van der Waals surface area contributed by atoms with Crippen molar-refractivity contribution in [1.82, 2.24) is 20.2 Å². The maximum atomic E-state index is 12.5. The number of rotatable bonds is 8. The summed E-state index contributed by atoms with van der Waals surface area (Å²) in [4.78, 5) is 28.7. The zero-order valence-electron chi connectivity index (χ0n) is 22.9. The van der Waals surface area contributed by atoms with E-state index in [1.54, 1.807) is 4.90 Å². The largest absolute Gasteiger partial charge is 0.461 e. The first-order valence-electron chi connectivity index (χ1n) is 13.9. The van der Waals surface area contributed by atoms with E-state index in [4.69, 9.17) is 14.7 Å². The fourth-order valence-electron chi connectivity index (χ4n) is 5.88. The fourth-order valence-corrected chi connectivity index (χ4v) is 5.88. The Balaban J connectivity index is 1.33. The van der Waals surface area contributed by atoms with E-state index in [-0.39, 0.29) is 23.9 Å². The number of hydrogen-bond acceptors (Lipinski definition) is 8. The van der Waals surface area contributed by atoms with E-state index in [1.807, 2.05) is 19.2 Å². The average molecular weight is 537 g/mol. The molecule has 1 amide bonds. The summed E-state index contributed by atoms with van der Waals surface area (Å²) in [7, 11) is 1.97. The molecule has 1 saturated carbocycles. The number of nitrogens with one attached hydrogen (secondary N) is 1. The van der Waals surface area contributed by atoms with Crippen LogP contribution in [0.4, 0.5) is 11.5 Å². The quantitative estimate of drug-likeness (QED) is 0.439. The van der Waals surface area contributed by atoms with Crippen LogP contribution in [-0.4, -0.2) is 72.2 Å². The number of amides is 1. The number of anilines is 2. The molecule has 3 heterocycles. The molecule has 1 aromatic heterocycles. The van der Waals surface area contributed by atoms with Crippen molar-refractivity contribution in [2.24, 2.45) is 0 Å². The van der Waals surface area contributed by atoms with Gasteiger partial charge in [-0.15, -0.1) is 0 Å². The van der Waals surface area contributed by atoms with Crippen LogP contribution in [0.25, 0.3) is 10.8 Å². The summed E-state index contributed by atoms with van der Waals surface area (Å²) in [5.74, 6) is 0.713. The molecule has 2 fully saturated rings. The molecular formula is C31H34N7O2. The Morgan fingerprint density at radius 2 is 2.10 bits per heavy atom. The predicted molar refractivity (Wildman–Crippen MR) is 154 cm³/mol. The third-order valence-electron chi connectivity index (χ3n) is 8.49. The third kappa shape index (κ3) is 4.95. The number of aromatic nitrogens is 2. The number of likely N-dealkylation sites (N-methyl/N-ethyl adjacent to an activating group) is 1. The van der Waals surface area contributed by atoms with E-state index >= 15 is 0 Å². The molecule has 3 aliphatic rings. The second-order valence-corrected chi connectivity index (χ2v) is 10.9. The van der Waals surface area contributed by atoms with E-state index in [2.05, 4.69) is 58.1 Å². The zero-order valence-corrected chi connectivity index (χ0v) is 22.9. The van der Waals surface area contributed by atoms with Gasteiger partial charge in [0.15, 0.2) is 0 Å². The molecule has 1 aliphatic carbocycles. The summed E-state index contributed by atoms with van der Waals surface area (Å²) >= 11 is 0. The number of nitrogens with zero attached hydrogens (tertiary/aromatic N) is 6. The molecule has 2 aliphatic heterocycles. The van der Waals surface area contributed by atoms with Crippen molar-refractivity contribution in [2.45, 2.75) is 43.8 Å². The molecule has 1 radical (unpaired) electrons. The van der Waals surface area contributed by atoms with Crippen LogP contribution in [-0.2, 0) is 17.8 Å². The van der Waals surface area contributed by atoms with E-state index in [0.29, 0.717) is 38.8 Å². The Hall–Kier alpha value is -4.16. The lowest BCUT2D eigenvalue weighted by Crippen LogP contribution is -2.55. The maximum Gasteiger partial charge on any atom is 0.318 e. The molecule has 2 aromatic carbocycles. The van der Waals surface area contributed by atoms with Crippen LogP contribution in [0, 0.1) is 17.4 Å². The van der Waals surface area contributed by atoms with Gasteiger partial charge in [-0.3, -0.25) is 4.79 Å². The Morgan fingerprint density at radius 3 is 2.88 bits per heavy atom. The highest BCUT2D eigenvalue weighted by atomic mass is 16.5. The van der Waals surface area contributed by atoms with Crippen molar-refractivity contribution in [1.29, 1.82) is 5.26 Å². The minimum atomic E-state index is -0.232. The number of hydrogen-bond donors (Lipinski definition) is 1. The van der Waals surface area contributed by atoms with E-state index in [1.165, 1.54) is 11.5 Å². The topological polar surface area (TPSA) is 97.6 Å². The molecular weight excluding hydrogens is 502 g/mol. The van der Waals surface area contributed by atoms with E-state index in [0.717, 1.165) is 54.0 Å². The van der Waals surface area contributed by atoms with Crippen LogP contribution in [0.15, 0.2) is 49.1 Å². The summed E-state index contributed by atoms with van der Waals surface area (Å²) in [6, 6.07) is 18.2. The Morgan fingerprint density at radius 1 is 1.25 bits per heavy atom. The highest BCUT2D eigenvalue weighted by Crippen LogP contribution is 2.37.